The lowest BCUT2D eigenvalue weighted by Gasteiger charge is -2.37. The second-order valence-corrected chi connectivity index (χ2v) is 11.1. The molecule has 5 rings (SSSR count). The first-order chi connectivity index (χ1) is 18.3. The van der Waals surface area contributed by atoms with E-state index in [1.54, 1.807) is 0 Å². The highest BCUT2D eigenvalue weighted by atomic mass is 79.9. The van der Waals surface area contributed by atoms with Crippen LogP contribution in [0.4, 0.5) is 9.59 Å². The molecule has 2 aromatic carbocycles. The molecule has 4 N–H and O–H groups in total. The van der Waals surface area contributed by atoms with Crippen molar-refractivity contribution >= 4 is 34.0 Å². The van der Waals surface area contributed by atoms with E-state index in [2.05, 4.69) is 38.3 Å². The number of hydrogen-bond acceptors (Lipinski definition) is 5. The summed E-state index contributed by atoms with van der Waals surface area (Å²) in [6.07, 6.45) is 3.43. The molecule has 0 bridgehead atoms. The molecule has 0 saturated carbocycles. The van der Waals surface area contributed by atoms with Crippen LogP contribution < -0.4 is 11.1 Å². The van der Waals surface area contributed by atoms with Gasteiger partial charge in [-0.15, -0.1) is 0 Å². The molecule has 3 saturated heterocycles. The molecular weight excluding hydrogens is 550 g/mol. The first-order valence-corrected chi connectivity index (χ1v) is 14.0. The number of rotatable bonds is 6. The molecule has 1 atom stereocenters. The van der Waals surface area contributed by atoms with Crippen LogP contribution in [0.5, 0.6) is 0 Å². The lowest BCUT2D eigenvalue weighted by molar-refractivity contribution is -0.133. The highest BCUT2D eigenvalue weighted by Gasteiger charge is 2.52. The van der Waals surface area contributed by atoms with Crippen molar-refractivity contribution in [2.45, 2.75) is 50.2 Å². The second-order valence-electron chi connectivity index (χ2n) is 10.2. The van der Waals surface area contributed by atoms with Crippen molar-refractivity contribution in [2.24, 2.45) is 5.73 Å². The first kappa shape index (κ1) is 28.1. The lowest BCUT2D eigenvalue weighted by Crippen LogP contribution is -2.55. The number of nitrogens with one attached hydrogen (secondary N) is 1. The summed E-state index contributed by atoms with van der Waals surface area (Å²) in [4.78, 5) is 40.9. The van der Waals surface area contributed by atoms with Crippen molar-refractivity contribution in [3.63, 3.8) is 0 Å². The van der Waals surface area contributed by atoms with Crippen LogP contribution in [0.25, 0.3) is 0 Å². The lowest BCUT2D eigenvalue weighted by atomic mass is 9.87. The molecule has 9 nitrogen and oxygen atoms in total. The van der Waals surface area contributed by atoms with E-state index < -0.39 is 11.6 Å². The number of likely N-dealkylation sites (tertiary alicyclic amines) is 2. The van der Waals surface area contributed by atoms with Crippen LogP contribution in [-0.2, 0) is 11.3 Å². The van der Waals surface area contributed by atoms with Crippen molar-refractivity contribution in [1.29, 1.82) is 0 Å². The van der Waals surface area contributed by atoms with E-state index in [1.165, 1.54) is 9.80 Å². The fourth-order valence-corrected chi connectivity index (χ4v) is 5.45. The van der Waals surface area contributed by atoms with Gasteiger partial charge in [-0.1, -0.05) is 58.4 Å². The van der Waals surface area contributed by atoms with Gasteiger partial charge in [0.05, 0.1) is 6.54 Å². The van der Waals surface area contributed by atoms with Gasteiger partial charge in [0.15, 0.2) is 0 Å². The Labute approximate surface area is 232 Å². The number of nitrogens with two attached hydrogens (primary N) is 1. The van der Waals surface area contributed by atoms with Gasteiger partial charge in [-0.2, -0.15) is 0 Å². The maximum absolute atomic E-state index is 13.1. The molecule has 0 radical (unpaired) electrons. The fraction of sp³-hybridized carbons (Fsp3) is 0.464. The van der Waals surface area contributed by atoms with Crippen LogP contribution in [0.1, 0.15) is 49.3 Å². The third kappa shape index (κ3) is 6.92. The number of carbonyl (C=O) groups excluding carboxylic acids is 2. The summed E-state index contributed by atoms with van der Waals surface area (Å²) in [6, 6.07) is 17.5. The molecule has 38 heavy (non-hydrogen) atoms. The van der Waals surface area contributed by atoms with Crippen molar-refractivity contribution < 1.29 is 19.5 Å². The summed E-state index contributed by atoms with van der Waals surface area (Å²) in [5.41, 5.74) is 7.64. The van der Waals surface area contributed by atoms with Crippen LogP contribution in [0.15, 0.2) is 59.1 Å². The van der Waals surface area contributed by atoms with Gasteiger partial charge in [-0.05, 0) is 61.9 Å². The Kier molecular flexibility index (Phi) is 9.40. The van der Waals surface area contributed by atoms with Gasteiger partial charge in [-0.3, -0.25) is 9.69 Å². The molecule has 3 aliphatic rings. The molecule has 3 aliphatic heterocycles. The van der Waals surface area contributed by atoms with Gasteiger partial charge in [0.1, 0.15) is 5.54 Å². The smallest absolute Gasteiger partial charge is 0.407 e. The number of amides is 4. The van der Waals surface area contributed by atoms with Crippen molar-refractivity contribution in [1.82, 2.24) is 20.0 Å². The molecule has 204 valence electrons. The van der Waals surface area contributed by atoms with Gasteiger partial charge in [0, 0.05) is 36.7 Å². The fourth-order valence-electron chi connectivity index (χ4n) is 5.19. The van der Waals surface area contributed by atoms with Crippen LogP contribution >= 0.6 is 15.9 Å². The van der Waals surface area contributed by atoms with E-state index in [1.807, 2.05) is 42.5 Å². The van der Waals surface area contributed by atoms with Gasteiger partial charge >= 0.3 is 12.1 Å². The maximum atomic E-state index is 13.1. The molecule has 0 aromatic heterocycles. The molecule has 4 amide bonds. The van der Waals surface area contributed by atoms with Gasteiger partial charge in [-0.25, -0.2) is 9.59 Å². The predicted molar refractivity (Wildman–Crippen MR) is 148 cm³/mol. The second kappa shape index (κ2) is 12.7. The normalized spacial score (nSPS) is 19.7. The molecule has 0 aliphatic carbocycles. The van der Waals surface area contributed by atoms with Gasteiger partial charge in [0.25, 0.3) is 5.91 Å². The van der Waals surface area contributed by atoms with Gasteiger partial charge in [0.2, 0.25) is 0 Å². The summed E-state index contributed by atoms with van der Waals surface area (Å²) in [5, 5.41) is 11.3. The average molecular weight is 587 g/mol. The van der Waals surface area contributed by atoms with Crippen LogP contribution in [0.3, 0.4) is 0 Å². The molecule has 3 heterocycles. The Morgan fingerprint density at radius 1 is 1.00 bits per heavy atom. The molecule has 10 heteroatoms. The van der Waals surface area contributed by atoms with E-state index in [9.17, 15) is 14.4 Å². The van der Waals surface area contributed by atoms with Gasteiger partial charge < -0.3 is 26.0 Å². The first-order valence-electron chi connectivity index (χ1n) is 13.2. The number of imide groups is 1. The zero-order valence-corrected chi connectivity index (χ0v) is 23.1. The van der Waals surface area contributed by atoms with Crippen molar-refractivity contribution in [2.75, 3.05) is 32.7 Å². The quantitative estimate of drug-likeness (QED) is 0.437. The van der Waals surface area contributed by atoms with E-state index in [-0.39, 0.29) is 18.0 Å². The molecule has 0 unspecified atom stereocenters. The number of hydrogen-bond donors (Lipinski definition) is 3. The third-order valence-electron chi connectivity index (χ3n) is 7.57. The van der Waals surface area contributed by atoms with Crippen LogP contribution in [0, 0.1) is 0 Å². The van der Waals surface area contributed by atoms with E-state index in [0.29, 0.717) is 19.4 Å². The Balaban J connectivity index is 0.000000360. The Morgan fingerprint density at radius 3 is 2.21 bits per heavy atom. The monoisotopic (exact) mass is 585 g/mol. The largest absolute Gasteiger partial charge is 0.465 e. The average Bonchev–Trinajstić information content (AvgIpc) is 3.55. The maximum Gasteiger partial charge on any atom is 0.407 e. The molecule has 1 spiro atoms. The summed E-state index contributed by atoms with van der Waals surface area (Å²) >= 11 is 3.41. The number of halogens is 1. The highest BCUT2D eigenvalue weighted by Crippen LogP contribution is 2.31. The van der Waals surface area contributed by atoms with E-state index in [0.717, 1.165) is 67.6 Å². The topological polar surface area (TPSA) is 119 Å². The number of carbonyl (C=O) groups is 3. The third-order valence-corrected chi connectivity index (χ3v) is 8.10. The SMILES string of the molecule is N[C@@H](CCN1CCC2(CC1)NC(=O)N(Cc1ccc(Br)cc1)C2=O)c1ccccc1.O=C(O)N1CCCC1. The Hall–Kier alpha value is -2.95. The standard InChI is InChI=1S/C23H27BrN4O2.C5H9NO2/c24-19-8-6-17(7-9-19)16-28-21(29)23(26-22(28)30)11-14-27(15-12-23)13-10-20(25)18-4-2-1-3-5-18;7-5(8)6-3-1-2-4-6/h1-9,20H,10-16,25H2,(H,26,30);1-4H2,(H,7,8)/t20-;/m0./s1. The van der Waals surface area contributed by atoms with Crippen LogP contribution in [0.2, 0.25) is 0 Å². The molecule has 2 aromatic rings. The van der Waals surface area contributed by atoms with Crippen molar-refractivity contribution in [3.05, 3.63) is 70.2 Å². The summed E-state index contributed by atoms with van der Waals surface area (Å²) < 4.78 is 0.972. The number of urea groups is 1. The van der Waals surface area contributed by atoms with E-state index >= 15 is 0 Å². The van der Waals surface area contributed by atoms with Crippen LogP contribution in [-0.4, -0.2) is 76.1 Å². The highest BCUT2D eigenvalue weighted by molar-refractivity contribution is 9.10. The minimum Gasteiger partial charge on any atom is -0.465 e. The number of benzene rings is 2. The van der Waals surface area contributed by atoms with Crippen molar-refractivity contribution in [3.8, 4) is 0 Å². The van der Waals surface area contributed by atoms with E-state index in [4.69, 9.17) is 10.8 Å². The minimum atomic E-state index is -0.775. The number of nitrogens with zero attached hydrogens (tertiary/aromatic N) is 3. The number of carboxylic acid groups (broad SMARTS) is 1. The summed E-state index contributed by atoms with van der Waals surface area (Å²) in [6.45, 7) is 4.20. The Morgan fingerprint density at radius 2 is 1.63 bits per heavy atom. The Bertz CT molecular complexity index is 1100. The molecular formula is C28H36BrN5O4. The summed E-state index contributed by atoms with van der Waals surface area (Å²) in [5.74, 6) is -0.101. The summed E-state index contributed by atoms with van der Waals surface area (Å²) in [7, 11) is 0. The zero-order chi connectivity index (χ0) is 27.1. The predicted octanol–water partition coefficient (Wildman–Crippen LogP) is 4.19. The zero-order valence-electron chi connectivity index (χ0n) is 21.5. The minimum absolute atomic E-state index is 0.0105. The molecule has 3 fully saturated rings. The number of piperidine rings is 1.